The standard InChI is InChI=1S/C17H12N2O2/c1-10-7-8-13-12(9-10)16(20)14-15(19-21-17(14)18-13)11-5-3-2-4-6-11/h2-9H,1H3,(H,18,20). The monoisotopic (exact) mass is 276 g/mol. The highest BCUT2D eigenvalue weighted by atomic mass is 16.5. The molecule has 0 radical (unpaired) electrons. The van der Waals surface area contributed by atoms with Crippen molar-refractivity contribution in [1.82, 2.24) is 10.1 Å². The molecule has 0 aliphatic carbocycles. The normalized spacial score (nSPS) is 11.3. The van der Waals surface area contributed by atoms with Crippen LogP contribution in [0.4, 0.5) is 0 Å². The number of aromatic nitrogens is 2. The molecule has 2 aromatic carbocycles. The molecule has 0 bridgehead atoms. The van der Waals surface area contributed by atoms with Gasteiger partial charge in [-0.2, -0.15) is 0 Å². The van der Waals surface area contributed by atoms with E-state index in [9.17, 15) is 4.79 Å². The first kappa shape index (κ1) is 11.9. The molecule has 0 aliphatic heterocycles. The van der Waals surface area contributed by atoms with Gasteiger partial charge in [0.25, 0.3) is 0 Å². The lowest BCUT2D eigenvalue weighted by Gasteiger charge is -2.00. The van der Waals surface area contributed by atoms with Gasteiger partial charge in [0, 0.05) is 10.9 Å². The quantitative estimate of drug-likeness (QED) is 0.577. The summed E-state index contributed by atoms with van der Waals surface area (Å²) in [7, 11) is 0. The lowest BCUT2D eigenvalue weighted by molar-refractivity contribution is 0.452. The van der Waals surface area contributed by atoms with Gasteiger partial charge in [-0.1, -0.05) is 47.1 Å². The van der Waals surface area contributed by atoms with Crippen LogP contribution in [0.3, 0.4) is 0 Å². The first-order valence-electron chi connectivity index (χ1n) is 6.71. The Hall–Kier alpha value is -2.88. The fraction of sp³-hybridized carbons (Fsp3) is 0.0588. The summed E-state index contributed by atoms with van der Waals surface area (Å²) < 4.78 is 5.32. The van der Waals surface area contributed by atoms with Crippen LogP contribution in [0.1, 0.15) is 5.56 Å². The fourth-order valence-corrected chi connectivity index (χ4v) is 2.59. The summed E-state index contributed by atoms with van der Waals surface area (Å²) in [4.78, 5) is 15.9. The van der Waals surface area contributed by atoms with E-state index in [2.05, 4.69) is 10.1 Å². The van der Waals surface area contributed by atoms with Gasteiger partial charge in [0.15, 0.2) is 0 Å². The average Bonchev–Trinajstić information content (AvgIpc) is 2.93. The smallest absolute Gasteiger partial charge is 0.241 e. The molecule has 0 saturated carbocycles. The van der Waals surface area contributed by atoms with Gasteiger partial charge in [-0.05, 0) is 19.1 Å². The van der Waals surface area contributed by atoms with Crippen LogP contribution in [0.5, 0.6) is 0 Å². The van der Waals surface area contributed by atoms with Crippen molar-refractivity contribution in [2.24, 2.45) is 0 Å². The number of benzene rings is 2. The van der Waals surface area contributed by atoms with Crippen LogP contribution in [0, 0.1) is 6.92 Å². The fourth-order valence-electron chi connectivity index (χ4n) is 2.59. The molecule has 0 amide bonds. The van der Waals surface area contributed by atoms with Crippen molar-refractivity contribution in [2.75, 3.05) is 0 Å². The molecule has 4 nitrogen and oxygen atoms in total. The van der Waals surface area contributed by atoms with Gasteiger partial charge in [0.05, 0.1) is 5.52 Å². The Balaban J connectivity index is 2.14. The lowest BCUT2D eigenvalue weighted by Crippen LogP contribution is -2.04. The van der Waals surface area contributed by atoms with Crippen molar-refractivity contribution in [2.45, 2.75) is 6.92 Å². The largest absolute Gasteiger partial charge is 0.337 e. The van der Waals surface area contributed by atoms with Crippen LogP contribution in [0.15, 0.2) is 57.8 Å². The van der Waals surface area contributed by atoms with Crippen LogP contribution in [0.25, 0.3) is 33.3 Å². The van der Waals surface area contributed by atoms with E-state index < -0.39 is 0 Å². The van der Waals surface area contributed by atoms with Crippen LogP contribution in [0.2, 0.25) is 0 Å². The summed E-state index contributed by atoms with van der Waals surface area (Å²) in [6.45, 7) is 1.97. The van der Waals surface area contributed by atoms with Crippen LogP contribution < -0.4 is 5.43 Å². The molecule has 4 aromatic rings. The zero-order chi connectivity index (χ0) is 14.4. The molecule has 4 heteroatoms. The lowest BCUT2D eigenvalue weighted by atomic mass is 10.1. The number of pyridine rings is 1. The molecule has 0 spiro atoms. The van der Waals surface area contributed by atoms with Gasteiger partial charge in [-0.15, -0.1) is 0 Å². The number of nitrogens with one attached hydrogen (secondary N) is 1. The molecule has 2 aromatic heterocycles. The van der Waals surface area contributed by atoms with Crippen LogP contribution >= 0.6 is 0 Å². The number of hydrogen-bond donors (Lipinski definition) is 1. The molecule has 0 saturated heterocycles. The first-order valence-corrected chi connectivity index (χ1v) is 6.71. The topological polar surface area (TPSA) is 58.9 Å². The van der Waals surface area contributed by atoms with E-state index in [1.54, 1.807) is 0 Å². The van der Waals surface area contributed by atoms with Crippen molar-refractivity contribution in [3.63, 3.8) is 0 Å². The predicted octanol–water partition coefficient (Wildman–Crippen LogP) is 3.64. The second-order valence-electron chi connectivity index (χ2n) is 5.10. The Morgan fingerprint density at radius 1 is 1.10 bits per heavy atom. The summed E-state index contributed by atoms with van der Waals surface area (Å²) in [5.74, 6) is 0. The van der Waals surface area contributed by atoms with E-state index in [4.69, 9.17) is 4.52 Å². The third-order valence-corrected chi connectivity index (χ3v) is 3.63. The van der Waals surface area contributed by atoms with E-state index in [1.165, 1.54) is 0 Å². The maximum absolute atomic E-state index is 12.8. The van der Waals surface area contributed by atoms with E-state index in [0.29, 0.717) is 22.2 Å². The Kier molecular flexibility index (Phi) is 2.44. The molecule has 2 heterocycles. The zero-order valence-electron chi connectivity index (χ0n) is 11.4. The highest BCUT2D eigenvalue weighted by molar-refractivity contribution is 5.97. The SMILES string of the molecule is Cc1ccc2[nH]c3onc(-c4ccccc4)c3c(=O)c2c1. The first-order chi connectivity index (χ1) is 10.2. The Morgan fingerprint density at radius 3 is 2.71 bits per heavy atom. The van der Waals surface area contributed by atoms with E-state index in [-0.39, 0.29) is 5.43 Å². The van der Waals surface area contributed by atoms with Crippen molar-refractivity contribution >= 4 is 22.0 Å². The summed E-state index contributed by atoms with van der Waals surface area (Å²) >= 11 is 0. The number of aromatic amines is 1. The third-order valence-electron chi connectivity index (χ3n) is 3.63. The van der Waals surface area contributed by atoms with E-state index >= 15 is 0 Å². The minimum Gasteiger partial charge on any atom is -0.337 e. The summed E-state index contributed by atoms with van der Waals surface area (Å²) in [5.41, 5.74) is 3.61. The van der Waals surface area contributed by atoms with Gasteiger partial charge < -0.3 is 9.51 Å². The summed E-state index contributed by atoms with van der Waals surface area (Å²) in [5, 5.41) is 5.22. The van der Waals surface area contributed by atoms with Gasteiger partial charge in [0.1, 0.15) is 11.1 Å². The second kappa shape index (κ2) is 4.31. The minimum absolute atomic E-state index is 0.0532. The zero-order valence-corrected chi connectivity index (χ0v) is 11.4. The molecule has 0 unspecified atom stereocenters. The molecule has 102 valence electrons. The predicted molar refractivity (Wildman–Crippen MR) is 82.3 cm³/mol. The molecule has 0 fully saturated rings. The summed E-state index contributed by atoms with van der Waals surface area (Å²) in [6, 6.07) is 15.3. The highest BCUT2D eigenvalue weighted by Gasteiger charge is 2.16. The Morgan fingerprint density at radius 2 is 1.90 bits per heavy atom. The molecular weight excluding hydrogens is 264 g/mol. The maximum Gasteiger partial charge on any atom is 0.241 e. The molecule has 21 heavy (non-hydrogen) atoms. The molecule has 4 rings (SSSR count). The van der Waals surface area contributed by atoms with Crippen molar-refractivity contribution in [3.05, 3.63) is 64.3 Å². The second-order valence-corrected chi connectivity index (χ2v) is 5.10. The van der Waals surface area contributed by atoms with Gasteiger partial charge in [0.2, 0.25) is 11.1 Å². The van der Waals surface area contributed by atoms with E-state index in [1.807, 2.05) is 55.5 Å². The van der Waals surface area contributed by atoms with E-state index in [0.717, 1.165) is 16.6 Å². The summed E-state index contributed by atoms with van der Waals surface area (Å²) in [6.07, 6.45) is 0. The average molecular weight is 276 g/mol. The number of aryl methyl sites for hydroxylation is 1. The molecular formula is C17H12N2O2. The van der Waals surface area contributed by atoms with Gasteiger partial charge in [-0.25, -0.2) is 0 Å². The number of fused-ring (bicyclic) bond motifs is 2. The van der Waals surface area contributed by atoms with Crippen LogP contribution in [-0.2, 0) is 0 Å². The van der Waals surface area contributed by atoms with Crippen molar-refractivity contribution in [1.29, 1.82) is 0 Å². The maximum atomic E-state index is 12.8. The molecule has 0 aliphatic rings. The van der Waals surface area contributed by atoms with Gasteiger partial charge in [-0.3, -0.25) is 4.79 Å². The number of rotatable bonds is 1. The number of nitrogens with zero attached hydrogens (tertiary/aromatic N) is 1. The van der Waals surface area contributed by atoms with Gasteiger partial charge >= 0.3 is 0 Å². The number of hydrogen-bond acceptors (Lipinski definition) is 3. The van der Waals surface area contributed by atoms with Crippen molar-refractivity contribution < 1.29 is 4.52 Å². The van der Waals surface area contributed by atoms with Crippen molar-refractivity contribution in [3.8, 4) is 11.3 Å². The molecule has 0 atom stereocenters. The number of H-pyrrole nitrogens is 1. The Bertz CT molecular complexity index is 1010. The third kappa shape index (κ3) is 1.76. The van der Waals surface area contributed by atoms with Crippen LogP contribution in [-0.4, -0.2) is 10.1 Å². The molecule has 1 N–H and O–H groups in total. The highest BCUT2D eigenvalue weighted by Crippen LogP contribution is 2.26. The Labute approximate surface area is 120 Å². The minimum atomic E-state index is -0.0532.